The van der Waals surface area contributed by atoms with Crippen LogP contribution >= 0.6 is 0 Å². The maximum Gasteiger partial charge on any atom is 0.335 e. The van der Waals surface area contributed by atoms with E-state index < -0.39 is 5.97 Å². The second kappa shape index (κ2) is 6.31. The fourth-order valence-electron chi connectivity index (χ4n) is 2.05. The number of ether oxygens (including phenoxy) is 2. The van der Waals surface area contributed by atoms with Crippen LogP contribution in [0.1, 0.15) is 24.2 Å². The molecule has 0 radical (unpaired) electrons. The first kappa shape index (κ1) is 14.9. The molecule has 0 aliphatic rings. The molecule has 0 amide bonds. The van der Waals surface area contributed by atoms with Crippen molar-refractivity contribution < 1.29 is 19.4 Å². The first-order valence-electron chi connectivity index (χ1n) is 6.69. The summed E-state index contributed by atoms with van der Waals surface area (Å²) in [6, 6.07) is 12.3. The lowest BCUT2D eigenvalue weighted by Gasteiger charge is -2.12. The van der Waals surface area contributed by atoms with E-state index in [-0.39, 0.29) is 11.7 Å². The van der Waals surface area contributed by atoms with Crippen molar-refractivity contribution in [3.8, 4) is 22.6 Å². The zero-order chi connectivity index (χ0) is 15.4. The summed E-state index contributed by atoms with van der Waals surface area (Å²) in [5, 5.41) is 9.10. The Morgan fingerprint density at radius 1 is 1.10 bits per heavy atom. The zero-order valence-corrected chi connectivity index (χ0v) is 12.3. The molecule has 4 heteroatoms. The van der Waals surface area contributed by atoms with Crippen LogP contribution < -0.4 is 9.47 Å². The van der Waals surface area contributed by atoms with E-state index in [0.717, 1.165) is 16.9 Å². The Balaban J connectivity index is 2.40. The van der Waals surface area contributed by atoms with Crippen molar-refractivity contribution in [2.24, 2.45) is 0 Å². The summed E-state index contributed by atoms with van der Waals surface area (Å²) < 4.78 is 10.9. The third-order valence-electron chi connectivity index (χ3n) is 2.98. The topological polar surface area (TPSA) is 55.8 Å². The first-order valence-corrected chi connectivity index (χ1v) is 6.69. The third kappa shape index (κ3) is 3.54. The van der Waals surface area contributed by atoms with Crippen LogP contribution in [0.15, 0.2) is 42.5 Å². The van der Waals surface area contributed by atoms with Crippen molar-refractivity contribution in [2.75, 3.05) is 7.11 Å². The number of carbonyl (C=O) groups is 1. The highest BCUT2D eigenvalue weighted by Gasteiger charge is 2.11. The third-order valence-corrected chi connectivity index (χ3v) is 2.98. The molecule has 0 aliphatic heterocycles. The monoisotopic (exact) mass is 286 g/mol. The Kier molecular flexibility index (Phi) is 4.48. The van der Waals surface area contributed by atoms with Crippen LogP contribution in [0.25, 0.3) is 11.1 Å². The summed E-state index contributed by atoms with van der Waals surface area (Å²) in [6.07, 6.45) is 0.112. The minimum atomic E-state index is -0.960. The number of rotatable bonds is 5. The second-order valence-corrected chi connectivity index (χ2v) is 4.91. The van der Waals surface area contributed by atoms with Gasteiger partial charge in [0.15, 0.2) is 0 Å². The van der Waals surface area contributed by atoms with Crippen LogP contribution in [0.3, 0.4) is 0 Å². The van der Waals surface area contributed by atoms with Gasteiger partial charge in [0, 0.05) is 5.56 Å². The number of hydrogen-bond donors (Lipinski definition) is 1. The van der Waals surface area contributed by atoms with Crippen LogP contribution in [-0.4, -0.2) is 24.3 Å². The van der Waals surface area contributed by atoms with Crippen LogP contribution in [0, 0.1) is 0 Å². The van der Waals surface area contributed by atoms with Gasteiger partial charge >= 0.3 is 5.97 Å². The fourth-order valence-corrected chi connectivity index (χ4v) is 2.05. The van der Waals surface area contributed by atoms with Gasteiger partial charge in [-0.05, 0) is 49.7 Å². The molecule has 2 rings (SSSR count). The molecule has 4 nitrogen and oxygen atoms in total. The minimum absolute atomic E-state index is 0.112. The molecule has 0 spiro atoms. The van der Waals surface area contributed by atoms with Crippen LogP contribution in [0.5, 0.6) is 11.5 Å². The summed E-state index contributed by atoms with van der Waals surface area (Å²) in [4.78, 5) is 11.1. The Morgan fingerprint density at radius 2 is 1.76 bits per heavy atom. The largest absolute Gasteiger partial charge is 0.496 e. The Bertz CT molecular complexity index is 630. The lowest BCUT2D eigenvalue weighted by Crippen LogP contribution is -2.05. The molecule has 0 aromatic heterocycles. The number of carboxylic acids is 1. The van der Waals surface area contributed by atoms with Gasteiger partial charge in [-0.15, -0.1) is 0 Å². The van der Waals surface area contributed by atoms with Gasteiger partial charge < -0.3 is 14.6 Å². The number of hydrogen-bond acceptors (Lipinski definition) is 3. The zero-order valence-electron chi connectivity index (χ0n) is 12.3. The molecule has 0 saturated heterocycles. The van der Waals surface area contributed by atoms with E-state index in [4.69, 9.17) is 14.6 Å². The molecule has 0 aliphatic carbocycles. The number of benzene rings is 2. The smallest absolute Gasteiger partial charge is 0.335 e. The summed E-state index contributed by atoms with van der Waals surface area (Å²) in [5.74, 6) is 0.457. The van der Waals surface area contributed by atoms with Gasteiger partial charge in [-0.1, -0.05) is 12.1 Å². The molecule has 0 heterocycles. The van der Waals surface area contributed by atoms with Crippen molar-refractivity contribution in [1.29, 1.82) is 0 Å². The molecule has 1 N–H and O–H groups in total. The molecule has 0 saturated carbocycles. The maximum absolute atomic E-state index is 11.1. The molecular weight excluding hydrogens is 268 g/mol. The highest BCUT2D eigenvalue weighted by Crippen LogP contribution is 2.32. The van der Waals surface area contributed by atoms with Crippen molar-refractivity contribution in [2.45, 2.75) is 20.0 Å². The Labute approximate surface area is 123 Å². The first-order chi connectivity index (χ1) is 10.0. The van der Waals surface area contributed by atoms with Crippen molar-refractivity contribution in [1.82, 2.24) is 0 Å². The van der Waals surface area contributed by atoms with Gasteiger partial charge in [-0.25, -0.2) is 4.79 Å². The number of methoxy groups -OCH3 is 1. The highest BCUT2D eigenvalue weighted by atomic mass is 16.5. The molecule has 0 bridgehead atoms. The van der Waals surface area contributed by atoms with Gasteiger partial charge in [0.2, 0.25) is 0 Å². The van der Waals surface area contributed by atoms with Gasteiger partial charge in [0.25, 0.3) is 0 Å². The highest BCUT2D eigenvalue weighted by molar-refractivity contribution is 5.90. The molecule has 2 aromatic carbocycles. The lowest BCUT2D eigenvalue weighted by molar-refractivity contribution is 0.0697. The lowest BCUT2D eigenvalue weighted by atomic mass is 10.0. The number of aromatic carboxylic acids is 1. The summed E-state index contributed by atoms with van der Waals surface area (Å²) in [5.41, 5.74) is 1.85. The standard InChI is InChI=1S/C17H18O4/c1-11(2)21-14-7-4-12(5-8-14)15-10-13(17(18)19)6-9-16(15)20-3/h4-11H,1-3H3,(H,18,19). The van der Waals surface area contributed by atoms with E-state index in [2.05, 4.69) is 0 Å². The fraction of sp³-hybridized carbons (Fsp3) is 0.235. The predicted octanol–water partition coefficient (Wildman–Crippen LogP) is 3.85. The molecule has 0 atom stereocenters. The van der Waals surface area contributed by atoms with Gasteiger partial charge in [-0.3, -0.25) is 0 Å². The van der Waals surface area contributed by atoms with E-state index >= 15 is 0 Å². The molecular formula is C17H18O4. The van der Waals surface area contributed by atoms with Crippen molar-refractivity contribution in [3.63, 3.8) is 0 Å². The van der Waals surface area contributed by atoms with Gasteiger partial charge in [-0.2, -0.15) is 0 Å². The van der Waals surface area contributed by atoms with Crippen LogP contribution in [-0.2, 0) is 0 Å². The SMILES string of the molecule is COc1ccc(C(=O)O)cc1-c1ccc(OC(C)C)cc1. The van der Waals surface area contributed by atoms with Crippen molar-refractivity contribution >= 4 is 5.97 Å². The summed E-state index contributed by atoms with van der Waals surface area (Å²) in [7, 11) is 1.56. The molecule has 0 unspecified atom stereocenters. The average Bonchev–Trinajstić information content (AvgIpc) is 2.46. The summed E-state index contributed by atoms with van der Waals surface area (Å²) >= 11 is 0. The van der Waals surface area contributed by atoms with E-state index in [1.807, 2.05) is 38.1 Å². The molecule has 21 heavy (non-hydrogen) atoms. The van der Waals surface area contributed by atoms with Gasteiger partial charge in [0.1, 0.15) is 11.5 Å². The van der Waals surface area contributed by atoms with Crippen LogP contribution in [0.2, 0.25) is 0 Å². The van der Waals surface area contributed by atoms with E-state index in [1.54, 1.807) is 19.2 Å². The quantitative estimate of drug-likeness (QED) is 0.907. The number of carboxylic acid groups (broad SMARTS) is 1. The summed E-state index contributed by atoms with van der Waals surface area (Å²) in [6.45, 7) is 3.93. The van der Waals surface area contributed by atoms with E-state index in [9.17, 15) is 4.79 Å². The second-order valence-electron chi connectivity index (χ2n) is 4.91. The van der Waals surface area contributed by atoms with Crippen molar-refractivity contribution in [3.05, 3.63) is 48.0 Å². The maximum atomic E-state index is 11.1. The predicted molar refractivity (Wildman–Crippen MR) is 81.2 cm³/mol. The van der Waals surface area contributed by atoms with E-state index in [0.29, 0.717) is 5.75 Å². The average molecular weight is 286 g/mol. The Morgan fingerprint density at radius 3 is 2.29 bits per heavy atom. The normalized spacial score (nSPS) is 10.5. The minimum Gasteiger partial charge on any atom is -0.496 e. The molecule has 0 fully saturated rings. The van der Waals surface area contributed by atoms with Crippen LogP contribution in [0.4, 0.5) is 0 Å². The Hall–Kier alpha value is -2.49. The molecule has 2 aromatic rings. The van der Waals surface area contributed by atoms with Gasteiger partial charge in [0.05, 0.1) is 18.8 Å². The van der Waals surface area contributed by atoms with E-state index in [1.165, 1.54) is 6.07 Å². The molecule has 110 valence electrons.